The number of nitrogens with two attached hydrogens (primary N) is 1. The van der Waals surface area contributed by atoms with Crippen LogP contribution in [0.3, 0.4) is 0 Å². The molecule has 6 nitrogen and oxygen atoms in total. The highest BCUT2D eigenvalue weighted by Gasteiger charge is 2.24. The van der Waals surface area contributed by atoms with E-state index < -0.39 is 0 Å². The molecule has 0 atom stereocenters. The molecule has 6 heteroatoms. The van der Waals surface area contributed by atoms with Crippen LogP contribution in [0.25, 0.3) is 16.6 Å². The molecule has 0 bridgehead atoms. The van der Waals surface area contributed by atoms with Gasteiger partial charge in [0.2, 0.25) is 0 Å². The van der Waals surface area contributed by atoms with Crippen LogP contribution < -0.4 is 5.73 Å². The number of rotatable bonds is 2. The van der Waals surface area contributed by atoms with E-state index in [2.05, 4.69) is 20.5 Å². The van der Waals surface area contributed by atoms with Gasteiger partial charge in [-0.3, -0.25) is 4.98 Å². The van der Waals surface area contributed by atoms with Gasteiger partial charge in [-0.2, -0.15) is 4.68 Å². The number of benzene rings is 1. The molecular formula is C15H16N6. The van der Waals surface area contributed by atoms with Crippen molar-refractivity contribution in [2.24, 2.45) is 0 Å². The molecule has 1 aliphatic carbocycles. The summed E-state index contributed by atoms with van der Waals surface area (Å²) in [6.07, 6.45) is 6.57. The van der Waals surface area contributed by atoms with Gasteiger partial charge in [0.25, 0.3) is 0 Å². The summed E-state index contributed by atoms with van der Waals surface area (Å²) in [5.41, 5.74) is 8.42. The van der Waals surface area contributed by atoms with Crippen LogP contribution in [0.2, 0.25) is 0 Å². The van der Waals surface area contributed by atoms with E-state index in [-0.39, 0.29) is 0 Å². The fourth-order valence-electron chi connectivity index (χ4n) is 3.17. The van der Waals surface area contributed by atoms with E-state index in [9.17, 15) is 0 Å². The number of nitrogens with zero attached hydrogens (tertiary/aromatic N) is 5. The van der Waals surface area contributed by atoms with Crippen molar-refractivity contribution in [2.45, 2.75) is 31.6 Å². The van der Waals surface area contributed by atoms with Gasteiger partial charge in [-0.15, -0.1) is 5.10 Å². The fraction of sp³-hybridized carbons (Fsp3) is 0.333. The van der Waals surface area contributed by atoms with E-state index in [1.54, 1.807) is 6.20 Å². The number of hydrogen-bond donors (Lipinski definition) is 1. The van der Waals surface area contributed by atoms with Gasteiger partial charge in [-0.1, -0.05) is 12.8 Å². The van der Waals surface area contributed by atoms with Crippen molar-refractivity contribution in [3.8, 4) is 5.69 Å². The number of fused-ring (bicyclic) bond motifs is 1. The Morgan fingerprint density at radius 2 is 2.00 bits per heavy atom. The van der Waals surface area contributed by atoms with Gasteiger partial charge in [0.1, 0.15) is 0 Å². The molecule has 1 aliphatic rings. The minimum atomic E-state index is 0.448. The van der Waals surface area contributed by atoms with E-state index in [1.807, 2.05) is 28.9 Å². The Morgan fingerprint density at radius 3 is 2.86 bits per heavy atom. The van der Waals surface area contributed by atoms with Crippen molar-refractivity contribution in [1.29, 1.82) is 0 Å². The summed E-state index contributed by atoms with van der Waals surface area (Å²) in [4.78, 5) is 4.37. The average molecular weight is 280 g/mol. The molecule has 1 fully saturated rings. The van der Waals surface area contributed by atoms with Gasteiger partial charge >= 0.3 is 0 Å². The zero-order chi connectivity index (χ0) is 14.2. The first-order valence-electron chi connectivity index (χ1n) is 7.26. The topological polar surface area (TPSA) is 82.5 Å². The zero-order valence-electron chi connectivity index (χ0n) is 11.6. The SMILES string of the molecule is Nc1ccc(-n2nnnc2C2CCCC2)c2cccnc12. The summed E-state index contributed by atoms with van der Waals surface area (Å²) in [7, 11) is 0. The second-order valence-corrected chi connectivity index (χ2v) is 5.50. The van der Waals surface area contributed by atoms with Gasteiger partial charge in [0.15, 0.2) is 5.82 Å². The molecule has 1 aromatic carbocycles. The quantitative estimate of drug-likeness (QED) is 0.729. The Kier molecular flexibility index (Phi) is 2.80. The predicted molar refractivity (Wildman–Crippen MR) is 80.1 cm³/mol. The highest BCUT2D eigenvalue weighted by Crippen LogP contribution is 2.34. The molecule has 0 radical (unpaired) electrons. The third kappa shape index (κ3) is 1.94. The summed E-state index contributed by atoms with van der Waals surface area (Å²) < 4.78 is 1.85. The third-order valence-corrected chi connectivity index (χ3v) is 4.22. The van der Waals surface area contributed by atoms with Gasteiger partial charge in [0, 0.05) is 17.5 Å². The van der Waals surface area contributed by atoms with E-state index in [1.165, 1.54) is 12.8 Å². The maximum Gasteiger partial charge on any atom is 0.159 e. The van der Waals surface area contributed by atoms with Crippen LogP contribution in [-0.4, -0.2) is 25.2 Å². The first kappa shape index (κ1) is 12.3. The molecule has 0 saturated heterocycles. The van der Waals surface area contributed by atoms with Crippen molar-refractivity contribution in [1.82, 2.24) is 25.2 Å². The van der Waals surface area contributed by atoms with Crippen molar-refractivity contribution < 1.29 is 0 Å². The highest BCUT2D eigenvalue weighted by atomic mass is 15.5. The molecule has 4 rings (SSSR count). The van der Waals surface area contributed by atoms with Crippen molar-refractivity contribution in [3.63, 3.8) is 0 Å². The largest absolute Gasteiger partial charge is 0.397 e. The van der Waals surface area contributed by atoms with Gasteiger partial charge in [-0.05, 0) is 47.5 Å². The van der Waals surface area contributed by atoms with Crippen molar-refractivity contribution in [3.05, 3.63) is 36.3 Å². The Labute approximate surface area is 122 Å². The molecule has 106 valence electrons. The Balaban J connectivity index is 1.92. The second-order valence-electron chi connectivity index (χ2n) is 5.50. The molecule has 21 heavy (non-hydrogen) atoms. The van der Waals surface area contributed by atoms with E-state index >= 15 is 0 Å². The van der Waals surface area contributed by atoms with Crippen LogP contribution >= 0.6 is 0 Å². The number of pyridine rings is 1. The van der Waals surface area contributed by atoms with Crippen LogP contribution in [0.15, 0.2) is 30.5 Å². The molecule has 1 saturated carbocycles. The van der Waals surface area contributed by atoms with Crippen molar-refractivity contribution in [2.75, 3.05) is 5.73 Å². The van der Waals surface area contributed by atoms with E-state index in [0.29, 0.717) is 11.6 Å². The first-order valence-corrected chi connectivity index (χ1v) is 7.26. The second kappa shape index (κ2) is 4.80. The van der Waals surface area contributed by atoms with Gasteiger partial charge in [-0.25, -0.2) is 0 Å². The lowest BCUT2D eigenvalue weighted by Crippen LogP contribution is -2.08. The van der Waals surface area contributed by atoms with Gasteiger partial charge in [0.05, 0.1) is 16.9 Å². The lowest BCUT2D eigenvalue weighted by Gasteiger charge is -2.12. The number of nitrogen functional groups attached to an aromatic ring is 1. The molecule has 2 N–H and O–H groups in total. The summed E-state index contributed by atoms with van der Waals surface area (Å²) in [5.74, 6) is 1.40. The fourth-order valence-corrected chi connectivity index (χ4v) is 3.17. The number of anilines is 1. The summed E-state index contributed by atoms with van der Waals surface area (Å²) >= 11 is 0. The predicted octanol–water partition coefficient (Wildman–Crippen LogP) is 2.45. The van der Waals surface area contributed by atoms with Crippen LogP contribution in [0.4, 0.5) is 5.69 Å². The van der Waals surface area contributed by atoms with Crippen LogP contribution in [-0.2, 0) is 0 Å². The zero-order valence-corrected chi connectivity index (χ0v) is 11.6. The Hall–Kier alpha value is -2.50. The molecular weight excluding hydrogens is 264 g/mol. The van der Waals surface area contributed by atoms with Crippen LogP contribution in [0, 0.1) is 0 Å². The van der Waals surface area contributed by atoms with E-state index in [4.69, 9.17) is 5.73 Å². The Morgan fingerprint density at radius 1 is 1.14 bits per heavy atom. The minimum Gasteiger partial charge on any atom is -0.397 e. The smallest absolute Gasteiger partial charge is 0.159 e. The van der Waals surface area contributed by atoms with E-state index in [0.717, 1.165) is 35.3 Å². The molecule has 2 aromatic heterocycles. The standard InChI is InChI=1S/C15H16N6/c16-12-7-8-13(11-6-3-9-17-14(11)12)21-15(18-19-20-21)10-4-1-2-5-10/h3,6-10H,1-2,4-5,16H2. The lowest BCUT2D eigenvalue weighted by atomic mass is 10.1. The van der Waals surface area contributed by atoms with Crippen LogP contribution in [0.5, 0.6) is 0 Å². The first-order chi connectivity index (χ1) is 10.3. The minimum absolute atomic E-state index is 0.448. The number of tetrazole rings is 1. The average Bonchev–Trinajstić information content (AvgIpc) is 3.19. The lowest BCUT2D eigenvalue weighted by molar-refractivity contribution is 0.637. The molecule has 2 heterocycles. The molecule has 0 unspecified atom stereocenters. The van der Waals surface area contributed by atoms with Gasteiger partial charge < -0.3 is 5.73 Å². The van der Waals surface area contributed by atoms with Crippen molar-refractivity contribution >= 4 is 16.6 Å². The molecule has 0 amide bonds. The summed E-state index contributed by atoms with van der Waals surface area (Å²) in [6, 6.07) is 7.75. The Bertz CT molecular complexity index is 788. The molecule has 0 aliphatic heterocycles. The monoisotopic (exact) mass is 280 g/mol. The summed E-state index contributed by atoms with van der Waals surface area (Å²) in [5, 5.41) is 13.3. The normalized spacial score (nSPS) is 15.8. The number of hydrogen-bond acceptors (Lipinski definition) is 5. The maximum absolute atomic E-state index is 6.02. The summed E-state index contributed by atoms with van der Waals surface area (Å²) in [6.45, 7) is 0. The maximum atomic E-state index is 6.02. The highest BCUT2D eigenvalue weighted by molar-refractivity contribution is 5.95. The number of aromatic nitrogens is 5. The third-order valence-electron chi connectivity index (χ3n) is 4.22. The van der Waals surface area contributed by atoms with Crippen LogP contribution in [0.1, 0.15) is 37.4 Å². The molecule has 0 spiro atoms. The molecule has 3 aromatic rings.